The van der Waals surface area contributed by atoms with Crippen LogP contribution in [0.2, 0.25) is 0 Å². The summed E-state index contributed by atoms with van der Waals surface area (Å²) >= 11 is 0. The van der Waals surface area contributed by atoms with Crippen molar-refractivity contribution >= 4 is 16.8 Å². The molecule has 1 saturated carbocycles. The topological polar surface area (TPSA) is 98.2 Å². The number of carbonyl (C=O) groups is 1. The van der Waals surface area contributed by atoms with Gasteiger partial charge in [-0.15, -0.1) is 0 Å². The Morgan fingerprint density at radius 2 is 1.88 bits per heavy atom. The van der Waals surface area contributed by atoms with E-state index in [2.05, 4.69) is 20.1 Å². The average molecular weight is 429 g/mol. The number of oxazole rings is 1. The molecular weight excluding hydrogens is 406 g/mol. The Balaban J connectivity index is 1.06. The van der Waals surface area contributed by atoms with Crippen LogP contribution in [0.4, 0.5) is 0 Å². The summed E-state index contributed by atoms with van der Waals surface area (Å²) in [6.45, 7) is 1.41. The molecule has 32 heavy (non-hydrogen) atoms. The Hall–Kier alpha value is -3.55. The van der Waals surface area contributed by atoms with Crippen LogP contribution in [0.3, 0.4) is 0 Å². The van der Waals surface area contributed by atoms with E-state index in [0.717, 1.165) is 48.9 Å². The zero-order valence-corrected chi connectivity index (χ0v) is 17.6. The summed E-state index contributed by atoms with van der Waals surface area (Å²) in [7, 11) is 0. The molecule has 162 valence electrons. The van der Waals surface area contributed by atoms with Crippen molar-refractivity contribution in [1.82, 2.24) is 25.0 Å². The van der Waals surface area contributed by atoms with Gasteiger partial charge in [-0.25, -0.2) is 9.97 Å². The normalized spacial score (nSPS) is 17.2. The highest BCUT2D eigenvalue weighted by atomic mass is 16.5. The smallest absolute Gasteiger partial charge is 0.295 e. The number of piperidine rings is 1. The molecule has 6 rings (SSSR count). The van der Waals surface area contributed by atoms with Gasteiger partial charge in [-0.2, -0.15) is 4.98 Å². The van der Waals surface area contributed by atoms with Gasteiger partial charge in [0, 0.05) is 30.8 Å². The molecular formula is C24H23N5O3. The number of amides is 1. The molecule has 2 aliphatic rings. The summed E-state index contributed by atoms with van der Waals surface area (Å²) < 4.78 is 11.1. The zero-order chi connectivity index (χ0) is 21.5. The van der Waals surface area contributed by atoms with E-state index in [-0.39, 0.29) is 5.91 Å². The van der Waals surface area contributed by atoms with E-state index in [1.54, 1.807) is 6.20 Å². The molecule has 0 atom stereocenters. The van der Waals surface area contributed by atoms with E-state index in [9.17, 15) is 4.79 Å². The quantitative estimate of drug-likeness (QED) is 0.468. The molecule has 4 heterocycles. The van der Waals surface area contributed by atoms with Gasteiger partial charge in [0.1, 0.15) is 5.69 Å². The molecule has 1 aliphatic carbocycles. The molecule has 8 heteroatoms. The van der Waals surface area contributed by atoms with Crippen LogP contribution < -0.4 is 0 Å². The SMILES string of the molecule is O=C(c1ccc2ccccc2n1)N1CCC(Cc2noc(-c3cnc(C4CC4)o3)n2)CC1. The largest absolute Gasteiger partial charge is 0.435 e. The molecule has 0 unspecified atom stereocenters. The van der Waals surface area contributed by atoms with Crippen molar-refractivity contribution in [2.24, 2.45) is 5.92 Å². The number of fused-ring (bicyclic) bond motifs is 1. The van der Waals surface area contributed by atoms with Crippen LogP contribution in [0.25, 0.3) is 22.6 Å². The number of pyridine rings is 1. The maximum absolute atomic E-state index is 12.9. The maximum atomic E-state index is 12.9. The van der Waals surface area contributed by atoms with Crippen molar-refractivity contribution in [3.8, 4) is 11.7 Å². The van der Waals surface area contributed by atoms with E-state index in [0.29, 0.717) is 48.1 Å². The van der Waals surface area contributed by atoms with Crippen LogP contribution in [-0.4, -0.2) is 44.0 Å². The lowest BCUT2D eigenvalue weighted by Crippen LogP contribution is -2.39. The van der Waals surface area contributed by atoms with Crippen LogP contribution in [-0.2, 0) is 6.42 Å². The highest BCUT2D eigenvalue weighted by Crippen LogP contribution is 2.40. The Morgan fingerprint density at radius 3 is 2.72 bits per heavy atom. The highest BCUT2D eigenvalue weighted by molar-refractivity contribution is 5.94. The molecule has 1 aliphatic heterocycles. The minimum absolute atomic E-state index is 0.00663. The molecule has 4 aromatic rings. The second-order valence-corrected chi connectivity index (χ2v) is 8.68. The number of hydrogen-bond donors (Lipinski definition) is 0. The number of carbonyl (C=O) groups excluding carboxylic acids is 1. The predicted molar refractivity (Wildman–Crippen MR) is 116 cm³/mol. The minimum Gasteiger partial charge on any atom is -0.435 e. The summed E-state index contributed by atoms with van der Waals surface area (Å²) in [6.07, 6.45) is 6.45. The minimum atomic E-state index is -0.00663. The van der Waals surface area contributed by atoms with Crippen molar-refractivity contribution in [2.75, 3.05) is 13.1 Å². The Morgan fingerprint density at radius 1 is 1.03 bits per heavy atom. The van der Waals surface area contributed by atoms with Gasteiger partial charge < -0.3 is 13.8 Å². The van der Waals surface area contributed by atoms with Gasteiger partial charge in [-0.1, -0.05) is 29.4 Å². The van der Waals surface area contributed by atoms with Gasteiger partial charge in [-0.3, -0.25) is 4.79 Å². The molecule has 2 fully saturated rings. The lowest BCUT2D eigenvalue weighted by molar-refractivity contribution is 0.0684. The lowest BCUT2D eigenvalue weighted by Gasteiger charge is -2.31. The highest BCUT2D eigenvalue weighted by Gasteiger charge is 2.30. The number of aromatic nitrogens is 4. The third-order valence-corrected chi connectivity index (χ3v) is 6.32. The summed E-state index contributed by atoms with van der Waals surface area (Å²) in [5.41, 5.74) is 1.35. The van der Waals surface area contributed by atoms with E-state index >= 15 is 0 Å². The first-order chi connectivity index (χ1) is 15.7. The summed E-state index contributed by atoms with van der Waals surface area (Å²) in [5.74, 6) is 3.20. The molecule has 0 bridgehead atoms. The monoisotopic (exact) mass is 429 g/mol. The predicted octanol–water partition coefficient (Wildman–Crippen LogP) is 4.25. The first-order valence-electron chi connectivity index (χ1n) is 11.2. The Labute approximate surface area is 184 Å². The van der Waals surface area contributed by atoms with Gasteiger partial charge in [0.25, 0.3) is 11.8 Å². The maximum Gasteiger partial charge on any atom is 0.295 e. The molecule has 1 amide bonds. The van der Waals surface area contributed by atoms with Crippen molar-refractivity contribution in [3.63, 3.8) is 0 Å². The van der Waals surface area contributed by atoms with E-state index in [4.69, 9.17) is 8.94 Å². The van der Waals surface area contributed by atoms with E-state index in [1.165, 1.54) is 0 Å². The fraction of sp³-hybridized carbons (Fsp3) is 0.375. The molecule has 1 saturated heterocycles. The number of rotatable bonds is 5. The molecule has 0 N–H and O–H groups in total. The van der Waals surface area contributed by atoms with E-state index in [1.807, 2.05) is 41.3 Å². The van der Waals surface area contributed by atoms with Gasteiger partial charge in [0.2, 0.25) is 5.76 Å². The number of benzene rings is 1. The standard InChI is InChI=1S/C24H23N5O3/c30-24(19-8-7-16-3-1-2-4-18(16)26-19)29-11-9-15(10-12-29)13-21-27-23(32-28-21)20-14-25-22(31-20)17-5-6-17/h1-4,7-8,14-15,17H,5-6,9-13H2. The van der Waals surface area contributed by atoms with Gasteiger partial charge in [0.05, 0.1) is 11.7 Å². The molecule has 1 aromatic carbocycles. The van der Waals surface area contributed by atoms with Crippen LogP contribution in [0.1, 0.15) is 53.8 Å². The molecule has 0 radical (unpaired) electrons. The number of hydrogen-bond acceptors (Lipinski definition) is 7. The summed E-state index contributed by atoms with van der Waals surface area (Å²) in [5, 5.41) is 5.16. The summed E-state index contributed by atoms with van der Waals surface area (Å²) in [4.78, 5) is 28.2. The van der Waals surface area contributed by atoms with Crippen LogP contribution in [0, 0.1) is 5.92 Å². The second kappa shape index (κ2) is 7.85. The van der Waals surface area contributed by atoms with Crippen LogP contribution in [0.5, 0.6) is 0 Å². The van der Waals surface area contributed by atoms with Crippen molar-refractivity contribution in [2.45, 2.75) is 38.0 Å². The van der Waals surface area contributed by atoms with Crippen LogP contribution in [0.15, 0.2) is 51.5 Å². The second-order valence-electron chi connectivity index (χ2n) is 8.68. The molecule has 8 nitrogen and oxygen atoms in total. The Kier molecular flexibility index (Phi) is 4.70. The van der Waals surface area contributed by atoms with Crippen LogP contribution >= 0.6 is 0 Å². The first-order valence-corrected chi connectivity index (χ1v) is 11.2. The fourth-order valence-electron chi connectivity index (χ4n) is 4.29. The molecule has 3 aromatic heterocycles. The first kappa shape index (κ1) is 19.2. The van der Waals surface area contributed by atoms with Crippen molar-refractivity contribution < 1.29 is 13.7 Å². The van der Waals surface area contributed by atoms with Crippen molar-refractivity contribution in [3.05, 3.63) is 60.0 Å². The number of nitrogens with zero attached hydrogens (tertiary/aromatic N) is 5. The number of likely N-dealkylation sites (tertiary alicyclic amines) is 1. The number of para-hydroxylation sites is 1. The fourth-order valence-corrected chi connectivity index (χ4v) is 4.29. The third-order valence-electron chi connectivity index (χ3n) is 6.32. The summed E-state index contributed by atoms with van der Waals surface area (Å²) in [6, 6.07) is 11.6. The average Bonchev–Trinajstić information content (AvgIpc) is 3.38. The van der Waals surface area contributed by atoms with Gasteiger partial charge >= 0.3 is 0 Å². The Bertz CT molecular complexity index is 1270. The van der Waals surface area contributed by atoms with Crippen molar-refractivity contribution in [1.29, 1.82) is 0 Å². The lowest BCUT2D eigenvalue weighted by atomic mass is 9.93. The third kappa shape index (κ3) is 3.77. The van der Waals surface area contributed by atoms with Gasteiger partial charge in [0.15, 0.2) is 11.7 Å². The van der Waals surface area contributed by atoms with E-state index < -0.39 is 0 Å². The molecule has 0 spiro atoms. The zero-order valence-electron chi connectivity index (χ0n) is 17.6. The van der Waals surface area contributed by atoms with Gasteiger partial charge in [-0.05, 0) is 43.7 Å².